The molecule has 0 saturated carbocycles. The van der Waals surface area contributed by atoms with Gasteiger partial charge in [-0.2, -0.15) is 0 Å². The van der Waals surface area contributed by atoms with Crippen molar-refractivity contribution in [3.8, 4) is 0 Å². The van der Waals surface area contributed by atoms with E-state index in [1.165, 1.54) is 11.1 Å². The van der Waals surface area contributed by atoms with Gasteiger partial charge in [0.1, 0.15) is 37.0 Å². The maximum Gasteiger partial charge on any atom is 0.240 e. The van der Waals surface area contributed by atoms with Crippen LogP contribution in [0.15, 0.2) is 24.3 Å². The molecule has 0 aromatic heterocycles. The van der Waals surface area contributed by atoms with Crippen molar-refractivity contribution in [2.45, 2.75) is 65.5 Å². The van der Waals surface area contributed by atoms with Gasteiger partial charge >= 0.3 is 0 Å². The number of ketones is 1. The predicted molar refractivity (Wildman–Crippen MR) is 104 cm³/mol. The van der Waals surface area contributed by atoms with Crippen LogP contribution in [0.4, 0.5) is 0 Å². The number of Topliss-reactive ketones (excluding diaryl/α,β-unsaturated/α-hetero) is 1. The molecule has 4 heterocycles. The van der Waals surface area contributed by atoms with E-state index in [9.17, 15) is 4.79 Å². The highest BCUT2D eigenvalue weighted by Gasteiger charge is 2.70. The Bertz CT molecular complexity index is 634. The smallest absolute Gasteiger partial charge is 0.240 e. The number of nitrogens with one attached hydrogen (secondary N) is 2. The van der Waals surface area contributed by atoms with E-state index >= 15 is 0 Å². The Labute approximate surface area is 158 Å². The van der Waals surface area contributed by atoms with Crippen LogP contribution in [0.5, 0.6) is 0 Å². The summed E-state index contributed by atoms with van der Waals surface area (Å²) in [5.74, 6) is 1.22. The van der Waals surface area contributed by atoms with Crippen molar-refractivity contribution in [2.75, 3.05) is 26.2 Å². The van der Waals surface area contributed by atoms with Gasteiger partial charge in [-0.1, -0.05) is 52.7 Å². The lowest BCUT2D eigenvalue weighted by Gasteiger charge is -2.60. The molecule has 4 aliphatic rings. The van der Waals surface area contributed by atoms with Crippen molar-refractivity contribution in [1.29, 1.82) is 0 Å². The first-order valence-electron chi connectivity index (χ1n) is 10.8. The van der Waals surface area contributed by atoms with Crippen molar-refractivity contribution in [3.05, 3.63) is 35.4 Å². The van der Waals surface area contributed by atoms with E-state index in [4.69, 9.17) is 0 Å². The Morgan fingerprint density at radius 2 is 1.38 bits per heavy atom. The number of benzene rings is 1. The van der Waals surface area contributed by atoms with E-state index in [0.29, 0.717) is 17.9 Å². The van der Waals surface area contributed by atoms with Crippen molar-refractivity contribution >= 4 is 5.78 Å². The van der Waals surface area contributed by atoms with E-state index < -0.39 is 0 Å². The summed E-state index contributed by atoms with van der Waals surface area (Å²) < 4.78 is 0. The second-order valence-electron chi connectivity index (χ2n) is 9.67. The van der Waals surface area contributed by atoms with Crippen molar-refractivity contribution < 1.29 is 14.6 Å². The molecule has 4 saturated heterocycles. The molecule has 3 heteroatoms. The molecule has 0 spiro atoms. The summed E-state index contributed by atoms with van der Waals surface area (Å²) >= 11 is 0. The Morgan fingerprint density at radius 1 is 0.923 bits per heavy atom. The molecule has 2 N–H and O–H groups in total. The molecule has 0 unspecified atom stereocenters. The molecule has 0 atom stereocenters. The molecule has 26 heavy (non-hydrogen) atoms. The van der Waals surface area contributed by atoms with Gasteiger partial charge < -0.3 is 0 Å². The van der Waals surface area contributed by atoms with Crippen LogP contribution >= 0.6 is 0 Å². The van der Waals surface area contributed by atoms with Gasteiger partial charge in [-0.05, 0) is 36.5 Å². The summed E-state index contributed by atoms with van der Waals surface area (Å²) in [7, 11) is 0. The number of hydrogen-bond acceptors (Lipinski definition) is 1. The summed E-state index contributed by atoms with van der Waals surface area (Å²) in [5.41, 5.74) is 2.82. The molecule has 4 bridgehead atoms. The van der Waals surface area contributed by atoms with Gasteiger partial charge in [0.25, 0.3) is 0 Å². The number of hydrogen-bond donors (Lipinski definition) is 2. The number of rotatable bonds is 6. The predicted octanol–water partition coefficient (Wildman–Crippen LogP) is 1.76. The zero-order valence-electron chi connectivity index (χ0n) is 17.0. The molecule has 0 aliphatic carbocycles. The fraction of sp³-hybridized carbons (Fsp3) is 0.696. The second-order valence-corrected chi connectivity index (χ2v) is 9.67. The van der Waals surface area contributed by atoms with E-state index in [1.807, 2.05) is 0 Å². The van der Waals surface area contributed by atoms with Crippen LogP contribution in [0.1, 0.15) is 76.6 Å². The van der Waals surface area contributed by atoms with Crippen LogP contribution in [-0.2, 0) is 4.79 Å². The summed E-state index contributed by atoms with van der Waals surface area (Å²) in [6.45, 7) is 13.3. The molecule has 0 amide bonds. The fourth-order valence-electron chi connectivity index (χ4n) is 6.65. The highest BCUT2D eigenvalue weighted by Crippen LogP contribution is 2.42. The molecule has 4 aliphatic heterocycles. The van der Waals surface area contributed by atoms with Crippen molar-refractivity contribution in [2.24, 2.45) is 10.8 Å². The topological polar surface area (TPSA) is 26.0 Å². The van der Waals surface area contributed by atoms with E-state index in [-0.39, 0.29) is 10.8 Å². The normalized spacial score (nSPS) is 38.3. The number of piperidine rings is 2. The fourth-order valence-corrected chi connectivity index (χ4v) is 6.65. The Morgan fingerprint density at radius 3 is 1.77 bits per heavy atom. The first-order valence-corrected chi connectivity index (χ1v) is 10.8. The van der Waals surface area contributed by atoms with Gasteiger partial charge in [-0.15, -0.1) is 0 Å². The highest BCUT2D eigenvalue weighted by atomic mass is 16.1. The number of quaternary nitrogens is 2. The lowest BCUT2D eigenvalue weighted by molar-refractivity contribution is -1.18. The zero-order valence-corrected chi connectivity index (χ0v) is 17.0. The summed E-state index contributed by atoms with van der Waals surface area (Å²) in [4.78, 5) is 16.9. The molecule has 3 nitrogen and oxygen atoms in total. The SMILES string of the molecule is CCCC12C[NH+]3CC(CCC)(C[NH+](C1)C3c1ccc(C(C)C)cc1)C2=O. The lowest BCUT2D eigenvalue weighted by Crippen LogP contribution is -3.41. The first kappa shape index (κ1) is 18.2. The second kappa shape index (κ2) is 6.45. The van der Waals surface area contributed by atoms with Crippen LogP contribution in [0.25, 0.3) is 0 Å². The molecule has 5 rings (SSSR count). The van der Waals surface area contributed by atoms with Crippen LogP contribution in [0, 0.1) is 10.8 Å². The average Bonchev–Trinajstić information content (AvgIpc) is 2.59. The van der Waals surface area contributed by atoms with Gasteiger partial charge in [0.2, 0.25) is 6.17 Å². The van der Waals surface area contributed by atoms with Gasteiger partial charge in [-0.3, -0.25) is 14.6 Å². The number of carbonyl (C=O) groups is 1. The van der Waals surface area contributed by atoms with Crippen LogP contribution in [0.3, 0.4) is 0 Å². The molecule has 0 radical (unpaired) electrons. The molecular formula is C23H36N2O+2. The number of carbonyl (C=O) groups excluding carboxylic acids is 1. The standard InChI is InChI=1S/C23H34N2O/c1-5-11-22-13-24-15-23(12-6-2,21(22)26)16-25(14-22)20(24)19-9-7-18(8-10-19)17(3)4/h7-10,17,20H,5-6,11-16H2,1-4H3/p+2. The molecular weight excluding hydrogens is 320 g/mol. The minimum absolute atomic E-state index is 0.0422. The van der Waals surface area contributed by atoms with Crippen molar-refractivity contribution in [1.82, 2.24) is 0 Å². The summed E-state index contributed by atoms with van der Waals surface area (Å²) in [6.07, 6.45) is 4.95. The Kier molecular flexibility index (Phi) is 4.51. The van der Waals surface area contributed by atoms with Crippen LogP contribution in [-0.4, -0.2) is 32.0 Å². The molecule has 142 valence electrons. The molecule has 1 aromatic carbocycles. The zero-order chi connectivity index (χ0) is 18.5. The Balaban J connectivity index is 1.68. The molecule has 4 fully saturated rings. The van der Waals surface area contributed by atoms with Gasteiger partial charge in [0.05, 0.1) is 5.56 Å². The maximum atomic E-state index is 13.5. The van der Waals surface area contributed by atoms with Crippen LogP contribution in [0.2, 0.25) is 0 Å². The van der Waals surface area contributed by atoms with E-state index in [1.54, 1.807) is 9.80 Å². The van der Waals surface area contributed by atoms with E-state index in [2.05, 4.69) is 52.0 Å². The minimum atomic E-state index is -0.0422. The quantitative estimate of drug-likeness (QED) is 0.798. The van der Waals surface area contributed by atoms with Gasteiger partial charge in [-0.25, -0.2) is 0 Å². The van der Waals surface area contributed by atoms with Gasteiger partial charge in [0.15, 0.2) is 5.78 Å². The third-order valence-corrected chi connectivity index (χ3v) is 7.44. The van der Waals surface area contributed by atoms with Crippen molar-refractivity contribution in [3.63, 3.8) is 0 Å². The van der Waals surface area contributed by atoms with E-state index in [0.717, 1.165) is 51.9 Å². The maximum absolute atomic E-state index is 13.5. The monoisotopic (exact) mass is 356 g/mol. The molecule has 1 aromatic rings. The van der Waals surface area contributed by atoms with Crippen LogP contribution < -0.4 is 9.80 Å². The third kappa shape index (κ3) is 2.58. The average molecular weight is 357 g/mol. The highest BCUT2D eigenvalue weighted by molar-refractivity contribution is 5.92. The first-order chi connectivity index (χ1) is 12.4. The summed E-state index contributed by atoms with van der Waals surface area (Å²) in [5, 5.41) is 0. The summed E-state index contributed by atoms with van der Waals surface area (Å²) in [6, 6.07) is 9.37. The van der Waals surface area contributed by atoms with Gasteiger partial charge in [0, 0.05) is 0 Å². The largest absolute Gasteiger partial charge is 0.297 e. The minimum Gasteiger partial charge on any atom is -0.297 e. The lowest BCUT2D eigenvalue weighted by atomic mass is 9.57. The third-order valence-electron chi connectivity index (χ3n) is 7.44. The Hall–Kier alpha value is -1.19.